The average Bonchev–Trinajstić information content (AvgIpc) is 3.03. The van der Waals surface area contributed by atoms with Gasteiger partial charge >= 0.3 is 0 Å². The molecule has 1 aliphatic heterocycles. The van der Waals surface area contributed by atoms with Gasteiger partial charge in [0.15, 0.2) is 0 Å². The second kappa shape index (κ2) is 15.3. The molecule has 7 heteroatoms. The smallest absolute Gasteiger partial charge is 0.136 e. The monoisotopic (exact) mass is 586 g/mol. The summed E-state index contributed by atoms with van der Waals surface area (Å²) < 4.78 is 31.0. The number of methoxy groups -OCH3 is 1. The number of thioether (sulfide) groups is 1. The highest BCUT2D eigenvalue weighted by atomic mass is 32.2. The molecule has 0 bridgehead atoms. The van der Waals surface area contributed by atoms with Crippen molar-refractivity contribution in [3.8, 4) is 5.75 Å². The molecule has 42 heavy (non-hydrogen) atoms. The van der Waals surface area contributed by atoms with Crippen molar-refractivity contribution in [2.45, 2.75) is 61.5 Å². The molecule has 4 aromatic carbocycles. The van der Waals surface area contributed by atoms with E-state index in [0.717, 1.165) is 27.3 Å². The molecule has 220 valence electrons. The molecule has 0 radical (unpaired) electrons. The average molecular weight is 587 g/mol. The molecule has 1 aliphatic rings. The molecule has 0 spiro atoms. The first-order valence-corrected chi connectivity index (χ1v) is 15.1. The Kier molecular flexibility index (Phi) is 11.1. The SMILES string of the molecule is COc1ccc(CO[C@@H]2[C@@H](O)[C@H](Sc3ccc(C)cc3)O[C@H](COCc3ccccc3)[C@@H]2OCc2ccccc2)cc1. The van der Waals surface area contributed by atoms with Crippen LogP contribution in [0.25, 0.3) is 0 Å². The van der Waals surface area contributed by atoms with Gasteiger partial charge in [0.25, 0.3) is 0 Å². The molecular weight excluding hydrogens is 548 g/mol. The first kappa shape index (κ1) is 30.3. The van der Waals surface area contributed by atoms with Crippen LogP contribution in [-0.4, -0.2) is 48.7 Å². The molecule has 1 saturated heterocycles. The molecule has 6 nitrogen and oxygen atoms in total. The number of hydrogen-bond acceptors (Lipinski definition) is 7. The van der Waals surface area contributed by atoms with Crippen LogP contribution >= 0.6 is 11.8 Å². The number of hydrogen-bond donors (Lipinski definition) is 1. The Hall–Kier alpha value is -3.17. The standard InChI is InChI=1S/C35H38O6S/c1-25-13-19-30(20-14-25)42-35-32(36)34(40-23-28-15-17-29(37-2)18-16-28)33(39-22-27-11-7-4-8-12-27)31(41-35)24-38-21-26-9-5-3-6-10-26/h3-20,31-36H,21-24H2,1-2H3/t31-,32-,33+,34-,35+/m1/s1. The zero-order valence-electron chi connectivity index (χ0n) is 24.0. The fourth-order valence-electron chi connectivity index (χ4n) is 4.82. The molecular formula is C35H38O6S. The van der Waals surface area contributed by atoms with Crippen molar-refractivity contribution in [3.63, 3.8) is 0 Å². The van der Waals surface area contributed by atoms with Gasteiger partial charge in [-0.15, -0.1) is 0 Å². The van der Waals surface area contributed by atoms with Crippen LogP contribution in [0.5, 0.6) is 5.75 Å². The lowest BCUT2D eigenvalue weighted by Gasteiger charge is -2.44. The number of aliphatic hydroxyl groups is 1. The molecule has 1 fully saturated rings. The van der Waals surface area contributed by atoms with E-state index in [1.165, 1.54) is 17.3 Å². The molecule has 1 heterocycles. The largest absolute Gasteiger partial charge is 0.497 e. The van der Waals surface area contributed by atoms with Crippen LogP contribution in [0, 0.1) is 6.92 Å². The Labute approximate surface area is 252 Å². The van der Waals surface area contributed by atoms with Gasteiger partial charge in [0, 0.05) is 4.90 Å². The minimum absolute atomic E-state index is 0.286. The van der Waals surface area contributed by atoms with E-state index in [4.69, 9.17) is 23.7 Å². The third-order valence-electron chi connectivity index (χ3n) is 7.17. The topological polar surface area (TPSA) is 66.4 Å². The highest BCUT2D eigenvalue weighted by Gasteiger charge is 2.47. The van der Waals surface area contributed by atoms with Crippen molar-refractivity contribution in [1.29, 1.82) is 0 Å². The van der Waals surface area contributed by atoms with Crippen molar-refractivity contribution >= 4 is 11.8 Å². The Morgan fingerprint density at radius 2 is 1.26 bits per heavy atom. The quantitative estimate of drug-likeness (QED) is 0.190. The predicted molar refractivity (Wildman–Crippen MR) is 164 cm³/mol. The number of aliphatic hydroxyl groups excluding tert-OH is 1. The highest BCUT2D eigenvalue weighted by Crippen LogP contribution is 2.36. The first-order valence-electron chi connectivity index (χ1n) is 14.2. The minimum atomic E-state index is -0.944. The summed E-state index contributed by atoms with van der Waals surface area (Å²) >= 11 is 1.48. The second-order valence-corrected chi connectivity index (χ2v) is 11.5. The summed E-state index contributed by atoms with van der Waals surface area (Å²) in [5, 5.41) is 11.7. The Morgan fingerprint density at radius 3 is 1.88 bits per heavy atom. The Balaban J connectivity index is 1.37. The van der Waals surface area contributed by atoms with Crippen molar-refractivity contribution in [3.05, 3.63) is 131 Å². The summed E-state index contributed by atoms with van der Waals surface area (Å²) in [6.07, 6.45) is -2.63. The van der Waals surface area contributed by atoms with Crippen LogP contribution in [0.2, 0.25) is 0 Å². The molecule has 5 rings (SSSR count). The van der Waals surface area contributed by atoms with Crippen molar-refractivity contribution in [1.82, 2.24) is 0 Å². The van der Waals surface area contributed by atoms with Crippen LogP contribution in [0.15, 0.2) is 114 Å². The zero-order chi connectivity index (χ0) is 29.1. The van der Waals surface area contributed by atoms with Gasteiger partial charge in [0.05, 0.1) is 33.5 Å². The van der Waals surface area contributed by atoms with Gasteiger partial charge in [-0.25, -0.2) is 0 Å². The first-order chi connectivity index (χ1) is 20.6. The maximum absolute atomic E-state index is 11.7. The molecule has 0 amide bonds. The van der Waals surface area contributed by atoms with Crippen LogP contribution < -0.4 is 4.74 Å². The van der Waals surface area contributed by atoms with E-state index in [1.807, 2.05) is 97.1 Å². The van der Waals surface area contributed by atoms with Crippen LogP contribution in [0.1, 0.15) is 22.3 Å². The highest BCUT2D eigenvalue weighted by molar-refractivity contribution is 7.99. The maximum Gasteiger partial charge on any atom is 0.136 e. The van der Waals surface area contributed by atoms with Gasteiger partial charge in [0.2, 0.25) is 0 Å². The van der Waals surface area contributed by atoms with E-state index in [2.05, 4.69) is 19.1 Å². The molecule has 0 unspecified atom stereocenters. The molecule has 1 N–H and O–H groups in total. The normalized spacial score (nSPS) is 22.1. The number of aryl methyl sites for hydroxylation is 1. The van der Waals surface area contributed by atoms with E-state index < -0.39 is 29.9 Å². The van der Waals surface area contributed by atoms with Gasteiger partial charge in [-0.1, -0.05) is 102 Å². The van der Waals surface area contributed by atoms with Gasteiger partial charge < -0.3 is 28.8 Å². The van der Waals surface area contributed by atoms with Gasteiger partial charge in [0.1, 0.15) is 35.6 Å². The van der Waals surface area contributed by atoms with Gasteiger partial charge in [-0.05, 0) is 47.9 Å². The van der Waals surface area contributed by atoms with Gasteiger partial charge in [-0.2, -0.15) is 0 Å². The molecule has 0 aromatic heterocycles. The lowest BCUT2D eigenvalue weighted by molar-refractivity contribution is -0.243. The fraction of sp³-hybridized carbons (Fsp3) is 0.314. The summed E-state index contributed by atoms with van der Waals surface area (Å²) in [5.41, 5.74) is 3.67. The molecule has 4 aromatic rings. The zero-order valence-corrected chi connectivity index (χ0v) is 24.8. The third kappa shape index (κ3) is 8.44. The Bertz CT molecular complexity index is 1330. The summed E-state index contributed by atoms with van der Waals surface area (Å²) in [6.45, 7) is 3.44. The molecule has 0 aliphatic carbocycles. The predicted octanol–water partition coefficient (Wildman–Crippen LogP) is 6.57. The van der Waals surface area contributed by atoms with Crippen LogP contribution in [0.4, 0.5) is 0 Å². The van der Waals surface area contributed by atoms with Crippen LogP contribution in [-0.2, 0) is 38.8 Å². The number of ether oxygens (including phenoxy) is 5. The summed E-state index contributed by atoms with van der Waals surface area (Å²) in [6, 6.07) is 36.0. The second-order valence-electron chi connectivity index (χ2n) is 10.4. The van der Waals surface area contributed by atoms with E-state index in [0.29, 0.717) is 19.8 Å². The van der Waals surface area contributed by atoms with Crippen molar-refractivity contribution in [2.24, 2.45) is 0 Å². The number of benzene rings is 4. The fourth-order valence-corrected chi connectivity index (χ4v) is 5.87. The summed E-state index contributed by atoms with van der Waals surface area (Å²) in [4.78, 5) is 1.01. The lowest BCUT2D eigenvalue weighted by atomic mass is 9.99. The minimum Gasteiger partial charge on any atom is -0.497 e. The van der Waals surface area contributed by atoms with Crippen molar-refractivity contribution in [2.75, 3.05) is 13.7 Å². The Morgan fingerprint density at radius 1 is 0.690 bits per heavy atom. The third-order valence-corrected chi connectivity index (χ3v) is 8.33. The maximum atomic E-state index is 11.7. The van der Waals surface area contributed by atoms with Crippen LogP contribution in [0.3, 0.4) is 0 Å². The molecule has 0 saturated carbocycles. The van der Waals surface area contributed by atoms with E-state index in [9.17, 15) is 5.11 Å². The summed E-state index contributed by atoms with van der Waals surface area (Å²) in [7, 11) is 1.64. The van der Waals surface area contributed by atoms with Gasteiger partial charge in [-0.3, -0.25) is 0 Å². The van der Waals surface area contributed by atoms with E-state index >= 15 is 0 Å². The van der Waals surface area contributed by atoms with E-state index in [-0.39, 0.29) is 6.61 Å². The van der Waals surface area contributed by atoms with Crippen molar-refractivity contribution < 1.29 is 28.8 Å². The molecule has 5 atom stereocenters. The number of rotatable bonds is 13. The summed E-state index contributed by atoms with van der Waals surface area (Å²) in [5.74, 6) is 0.777. The lowest BCUT2D eigenvalue weighted by Crippen LogP contribution is -2.59. The van der Waals surface area contributed by atoms with E-state index in [1.54, 1.807) is 7.11 Å².